The van der Waals surface area contributed by atoms with Crippen molar-refractivity contribution in [1.29, 1.82) is 0 Å². The Morgan fingerprint density at radius 3 is 2.39 bits per heavy atom. The minimum absolute atomic E-state index is 0.0888. The highest BCUT2D eigenvalue weighted by Gasteiger charge is 2.28. The molecular formula is C13H18FNO3. The number of alkyl halides is 1. The maximum atomic E-state index is 13.6. The summed E-state index contributed by atoms with van der Waals surface area (Å²) >= 11 is 0. The molecule has 0 fully saturated rings. The van der Waals surface area contributed by atoms with E-state index in [-0.39, 0.29) is 6.61 Å². The highest BCUT2D eigenvalue weighted by atomic mass is 19.1. The SMILES string of the molecule is CCOC(=O)C(F)C(O)c1ccc(N(C)C)cc1. The van der Waals surface area contributed by atoms with Crippen molar-refractivity contribution in [3.8, 4) is 0 Å². The average molecular weight is 255 g/mol. The first-order valence-electron chi connectivity index (χ1n) is 5.73. The molecule has 1 aromatic rings. The molecule has 1 N–H and O–H groups in total. The summed E-state index contributed by atoms with van der Waals surface area (Å²) in [4.78, 5) is 13.1. The summed E-state index contributed by atoms with van der Waals surface area (Å²) in [6, 6.07) is 6.67. The Kier molecular flexibility index (Phi) is 5.09. The van der Waals surface area contributed by atoms with E-state index in [4.69, 9.17) is 0 Å². The largest absolute Gasteiger partial charge is 0.464 e. The fourth-order valence-electron chi connectivity index (χ4n) is 1.49. The van der Waals surface area contributed by atoms with Crippen molar-refractivity contribution in [3.05, 3.63) is 29.8 Å². The minimum Gasteiger partial charge on any atom is -0.464 e. The number of hydrogen-bond acceptors (Lipinski definition) is 4. The zero-order chi connectivity index (χ0) is 13.7. The first-order chi connectivity index (χ1) is 8.47. The number of halogens is 1. The summed E-state index contributed by atoms with van der Waals surface area (Å²) in [5.41, 5.74) is 1.28. The molecule has 5 heteroatoms. The molecule has 0 bridgehead atoms. The number of hydrogen-bond donors (Lipinski definition) is 1. The van der Waals surface area contributed by atoms with Gasteiger partial charge < -0.3 is 14.7 Å². The fraction of sp³-hybridized carbons (Fsp3) is 0.462. The van der Waals surface area contributed by atoms with Crippen LogP contribution in [0.15, 0.2) is 24.3 Å². The lowest BCUT2D eigenvalue weighted by atomic mass is 10.0. The van der Waals surface area contributed by atoms with Crippen LogP contribution in [-0.4, -0.2) is 37.9 Å². The van der Waals surface area contributed by atoms with Gasteiger partial charge in [-0.3, -0.25) is 0 Å². The number of carbonyl (C=O) groups excluding carboxylic acids is 1. The van der Waals surface area contributed by atoms with Crippen molar-refractivity contribution < 1.29 is 19.0 Å². The molecule has 0 heterocycles. The highest BCUT2D eigenvalue weighted by Crippen LogP contribution is 2.22. The van der Waals surface area contributed by atoms with Crippen LogP contribution in [0, 0.1) is 0 Å². The van der Waals surface area contributed by atoms with Crippen molar-refractivity contribution in [1.82, 2.24) is 0 Å². The normalized spacial score (nSPS) is 13.8. The van der Waals surface area contributed by atoms with Crippen LogP contribution in [0.2, 0.25) is 0 Å². The third-order valence-electron chi connectivity index (χ3n) is 2.54. The van der Waals surface area contributed by atoms with E-state index in [2.05, 4.69) is 4.74 Å². The number of ether oxygens (including phenoxy) is 1. The van der Waals surface area contributed by atoms with Gasteiger partial charge in [0, 0.05) is 19.8 Å². The topological polar surface area (TPSA) is 49.8 Å². The van der Waals surface area contributed by atoms with Gasteiger partial charge in [0.1, 0.15) is 6.10 Å². The Balaban J connectivity index is 2.77. The Bertz CT molecular complexity index is 392. The van der Waals surface area contributed by atoms with E-state index in [0.29, 0.717) is 5.56 Å². The van der Waals surface area contributed by atoms with Crippen LogP contribution in [0.4, 0.5) is 10.1 Å². The van der Waals surface area contributed by atoms with E-state index in [1.807, 2.05) is 19.0 Å². The van der Waals surface area contributed by atoms with Crippen LogP contribution in [-0.2, 0) is 9.53 Å². The van der Waals surface area contributed by atoms with Gasteiger partial charge in [-0.05, 0) is 24.6 Å². The van der Waals surface area contributed by atoms with Gasteiger partial charge in [-0.2, -0.15) is 0 Å². The number of carbonyl (C=O) groups is 1. The predicted octanol–water partition coefficient (Wildman–Crippen LogP) is 1.69. The molecule has 0 aromatic heterocycles. The second kappa shape index (κ2) is 6.35. The van der Waals surface area contributed by atoms with Crippen LogP contribution >= 0.6 is 0 Å². The maximum Gasteiger partial charge on any atom is 0.343 e. The zero-order valence-corrected chi connectivity index (χ0v) is 10.8. The quantitative estimate of drug-likeness (QED) is 0.813. The summed E-state index contributed by atoms with van der Waals surface area (Å²) < 4.78 is 18.1. The molecule has 4 nitrogen and oxygen atoms in total. The number of nitrogens with zero attached hydrogens (tertiary/aromatic N) is 1. The average Bonchev–Trinajstić information content (AvgIpc) is 2.37. The van der Waals surface area contributed by atoms with Gasteiger partial charge >= 0.3 is 5.97 Å². The van der Waals surface area contributed by atoms with E-state index in [1.165, 1.54) is 0 Å². The van der Waals surface area contributed by atoms with E-state index >= 15 is 0 Å². The fourth-order valence-corrected chi connectivity index (χ4v) is 1.49. The first kappa shape index (κ1) is 14.4. The van der Waals surface area contributed by atoms with Crippen LogP contribution in [0.3, 0.4) is 0 Å². The summed E-state index contributed by atoms with van der Waals surface area (Å²) in [5.74, 6) is -1.04. The van der Waals surface area contributed by atoms with Crippen molar-refractivity contribution in [2.75, 3.05) is 25.6 Å². The second-order valence-electron chi connectivity index (χ2n) is 4.08. The third kappa shape index (κ3) is 3.43. The van der Waals surface area contributed by atoms with Gasteiger partial charge in [0.2, 0.25) is 6.17 Å². The van der Waals surface area contributed by atoms with Crippen molar-refractivity contribution in [2.45, 2.75) is 19.2 Å². The maximum absolute atomic E-state index is 13.6. The van der Waals surface area contributed by atoms with Crippen molar-refractivity contribution >= 4 is 11.7 Å². The smallest absolute Gasteiger partial charge is 0.343 e. The highest BCUT2D eigenvalue weighted by molar-refractivity contribution is 5.75. The molecular weight excluding hydrogens is 237 g/mol. The summed E-state index contributed by atoms with van der Waals surface area (Å²) in [6.45, 7) is 1.68. The molecule has 0 aliphatic rings. The van der Waals surface area contributed by atoms with Crippen LogP contribution in [0.1, 0.15) is 18.6 Å². The molecule has 0 saturated heterocycles. The van der Waals surface area contributed by atoms with Gasteiger partial charge in [-0.1, -0.05) is 12.1 Å². The van der Waals surface area contributed by atoms with Crippen LogP contribution < -0.4 is 4.90 Å². The molecule has 0 aliphatic heterocycles. The molecule has 0 spiro atoms. The van der Waals surface area contributed by atoms with Crippen molar-refractivity contribution in [3.63, 3.8) is 0 Å². The Morgan fingerprint density at radius 1 is 1.39 bits per heavy atom. The van der Waals surface area contributed by atoms with Gasteiger partial charge in [-0.15, -0.1) is 0 Å². The summed E-state index contributed by atoms with van der Waals surface area (Å²) in [5, 5.41) is 9.73. The molecule has 18 heavy (non-hydrogen) atoms. The van der Waals surface area contributed by atoms with Crippen LogP contribution in [0.25, 0.3) is 0 Å². The van der Waals surface area contributed by atoms with E-state index < -0.39 is 18.2 Å². The standard InChI is InChI=1S/C13H18FNO3/c1-4-18-13(17)11(14)12(16)9-5-7-10(8-6-9)15(2)3/h5-8,11-12,16H,4H2,1-3H3. The molecule has 2 unspecified atom stereocenters. The predicted molar refractivity (Wildman–Crippen MR) is 67.3 cm³/mol. The Morgan fingerprint density at radius 2 is 1.94 bits per heavy atom. The number of aliphatic hydroxyl groups is 1. The van der Waals surface area contributed by atoms with E-state index in [0.717, 1.165) is 5.69 Å². The van der Waals surface area contributed by atoms with E-state index in [9.17, 15) is 14.3 Å². The molecule has 0 saturated carbocycles. The lowest BCUT2D eigenvalue weighted by molar-refractivity contribution is -0.153. The summed E-state index contributed by atoms with van der Waals surface area (Å²) in [7, 11) is 3.75. The number of anilines is 1. The number of aliphatic hydroxyl groups excluding tert-OH is 1. The molecule has 1 rings (SSSR count). The summed E-state index contributed by atoms with van der Waals surface area (Å²) in [6.07, 6.45) is -3.56. The second-order valence-corrected chi connectivity index (χ2v) is 4.08. The van der Waals surface area contributed by atoms with Gasteiger partial charge in [-0.25, -0.2) is 9.18 Å². The monoisotopic (exact) mass is 255 g/mol. The lowest BCUT2D eigenvalue weighted by Gasteiger charge is -2.17. The number of esters is 1. The molecule has 0 radical (unpaired) electrons. The number of benzene rings is 1. The van der Waals surface area contributed by atoms with Gasteiger partial charge in [0.25, 0.3) is 0 Å². The Hall–Kier alpha value is -1.62. The third-order valence-corrected chi connectivity index (χ3v) is 2.54. The minimum atomic E-state index is -2.06. The van der Waals surface area contributed by atoms with Crippen LogP contribution in [0.5, 0.6) is 0 Å². The molecule has 0 amide bonds. The number of rotatable bonds is 5. The first-order valence-corrected chi connectivity index (χ1v) is 5.73. The zero-order valence-electron chi connectivity index (χ0n) is 10.8. The molecule has 100 valence electrons. The van der Waals surface area contributed by atoms with E-state index in [1.54, 1.807) is 31.2 Å². The van der Waals surface area contributed by atoms with Crippen molar-refractivity contribution in [2.24, 2.45) is 0 Å². The molecule has 1 aromatic carbocycles. The lowest BCUT2D eigenvalue weighted by Crippen LogP contribution is -2.26. The molecule has 2 atom stereocenters. The van der Waals surface area contributed by atoms with Gasteiger partial charge in [0.05, 0.1) is 6.61 Å². The Labute approximate surface area is 106 Å². The van der Waals surface area contributed by atoms with Gasteiger partial charge in [0.15, 0.2) is 0 Å². The molecule has 0 aliphatic carbocycles.